The van der Waals surface area contributed by atoms with Gasteiger partial charge in [0.25, 0.3) is 5.91 Å². The molecule has 5 heteroatoms. The van der Waals surface area contributed by atoms with Gasteiger partial charge in [-0.2, -0.15) is 0 Å². The third-order valence-corrected chi connectivity index (χ3v) is 3.22. The topological polar surface area (TPSA) is 38.8 Å². The summed E-state index contributed by atoms with van der Waals surface area (Å²) in [6.45, 7) is 2.15. The molecule has 2 rings (SSSR count). The summed E-state index contributed by atoms with van der Waals surface area (Å²) in [7, 11) is 1.67. The van der Waals surface area contributed by atoms with E-state index in [2.05, 4.69) is 0 Å². The number of benzene rings is 1. The molecule has 0 unspecified atom stereocenters. The summed E-state index contributed by atoms with van der Waals surface area (Å²) in [6.07, 6.45) is 0.968. The van der Waals surface area contributed by atoms with Gasteiger partial charge in [-0.25, -0.2) is 4.39 Å². The molecular weight excluding hydrogens is 249 g/mol. The minimum atomic E-state index is -0.319. The molecule has 1 aromatic rings. The molecule has 4 nitrogen and oxygen atoms in total. The van der Waals surface area contributed by atoms with Gasteiger partial charge in [0, 0.05) is 26.1 Å². The Balaban J connectivity index is 1.77. The highest BCUT2D eigenvalue weighted by molar-refractivity contribution is 5.78. The first-order valence-electron chi connectivity index (χ1n) is 6.34. The maximum Gasteiger partial charge on any atom is 0.260 e. The van der Waals surface area contributed by atoms with E-state index in [0.29, 0.717) is 18.3 Å². The van der Waals surface area contributed by atoms with Gasteiger partial charge in [-0.3, -0.25) is 4.79 Å². The monoisotopic (exact) mass is 267 g/mol. The second kappa shape index (κ2) is 6.52. The zero-order valence-corrected chi connectivity index (χ0v) is 11.0. The Morgan fingerprint density at radius 1 is 1.42 bits per heavy atom. The number of rotatable bonds is 5. The lowest BCUT2D eigenvalue weighted by Gasteiger charge is -2.16. The van der Waals surface area contributed by atoms with E-state index in [1.807, 2.05) is 0 Å². The van der Waals surface area contributed by atoms with Crippen molar-refractivity contribution in [2.75, 3.05) is 33.4 Å². The molecule has 1 atom stereocenters. The van der Waals surface area contributed by atoms with Crippen LogP contribution in [0.5, 0.6) is 5.75 Å². The van der Waals surface area contributed by atoms with Crippen LogP contribution in [0.25, 0.3) is 0 Å². The SMILES string of the molecule is COC[C@H]1CCN(C(=O)COc2ccc(F)cc2)C1. The fourth-order valence-corrected chi connectivity index (χ4v) is 2.20. The Kier molecular flexibility index (Phi) is 4.74. The summed E-state index contributed by atoms with van der Waals surface area (Å²) >= 11 is 0. The van der Waals surface area contributed by atoms with E-state index >= 15 is 0 Å². The number of carbonyl (C=O) groups excluding carboxylic acids is 1. The van der Waals surface area contributed by atoms with Crippen molar-refractivity contribution in [1.29, 1.82) is 0 Å². The van der Waals surface area contributed by atoms with Crippen LogP contribution in [0.15, 0.2) is 24.3 Å². The van der Waals surface area contributed by atoms with Crippen molar-refractivity contribution < 1.29 is 18.7 Å². The first-order chi connectivity index (χ1) is 9.19. The van der Waals surface area contributed by atoms with E-state index in [1.54, 1.807) is 12.0 Å². The molecule has 0 saturated carbocycles. The van der Waals surface area contributed by atoms with Crippen molar-refractivity contribution in [3.8, 4) is 5.75 Å². The van der Waals surface area contributed by atoms with Crippen molar-refractivity contribution in [3.05, 3.63) is 30.1 Å². The van der Waals surface area contributed by atoms with Crippen LogP contribution in [-0.2, 0) is 9.53 Å². The number of nitrogens with zero attached hydrogens (tertiary/aromatic N) is 1. The second-order valence-corrected chi connectivity index (χ2v) is 4.69. The molecule has 104 valence electrons. The normalized spacial score (nSPS) is 18.6. The molecule has 1 aliphatic heterocycles. The molecule has 0 spiro atoms. The number of likely N-dealkylation sites (tertiary alicyclic amines) is 1. The van der Waals surface area contributed by atoms with Crippen LogP contribution in [0.4, 0.5) is 4.39 Å². The average Bonchev–Trinajstić information content (AvgIpc) is 2.87. The molecule has 0 bridgehead atoms. The van der Waals surface area contributed by atoms with Crippen LogP contribution in [0.1, 0.15) is 6.42 Å². The molecule has 1 fully saturated rings. The van der Waals surface area contributed by atoms with Crippen molar-refractivity contribution in [3.63, 3.8) is 0 Å². The summed E-state index contributed by atoms with van der Waals surface area (Å²) < 4.78 is 23.1. The molecule has 1 saturated heterocycles. The van der Waals surface area contributed by atoms with Gasteiger partial charge in [-0.1, -0.05) is 0 Å². The van der Waals surface area contributed by atoms with Crippen molar-refractivity contribution in [2.24, 2.45) is 5.92 Å². The van der Waals surface area contributed by atoms with Gasteiger partial charge >= 0.3 is 0 Å². The smallest absolute Gasteiger partial charge is 0.260 e. The van der Waals surface area contributed by atoms with Crippen LogP contribution in [-0.4, -0.2) is 44.2 Å². The van der Waals surface area contributed by atoms with Crippen LogP contribution < -0.4 is 4.74 Å². The lowest BCUT2D eigenvalue weighted by Crippen LogP contribution is -2.33. The number of amides is 1. The Morgan fingerprint density at radius 3 is 2.84 bits per heavy atom. The van der Waals surface area contributed by atoms with E-state index in [9.17, 15) is 9.18 Å². The number of carbonyl (C=O) groups is 1. The minimum Gasteiger partial charge on any atom is -0.484 e. The van der Waals surface area contributed by atoms with E-state index in [1.165, 1.54) is 24.3 Å². The molecular formula is C14H18FNO3. The molecule has 1 aliphatic rings. The molecule has 1 aromatic carbocycles. The van der Waals surface area contributed by atoms with Gasteiger partial charge < -0.3 is 14.4 Å². The molecule has 1 amide bonds. The molecule has 19 heavy (non-hydrogen) atoms. The molecule has 0 radical (unpaired) electrons. The van der Waals surface area contributed by atoms with Crippen molar-refractivity contribution in [1.82, 2.24) is 4.90 Å². The van der Waals surface area contributed by atoms with Crippen molar-refractivity contribution >= 4 is 5.91 Å². The molecule has 0 N–H and O–H groups in total. The standard InChI is InChI=1S/C14H18FNO3/c1-18-9-11-6-7-16(8-11)14(17)10-19-13-4-2-12(15)3-5-13/h2-5,11H,6-10H2,1H3/t11-/m0/s1. The van der Waals surface area contributed by atoms with Crippen LogP contribution >= 0.6 is 0 Å². The first kappa shape index (κ1) is 13.8. The highest BCUT2D eigenvalue weighted by atomic mass is 19.1. The van der Waals surface area contributed by atoms with Gasteiger partial charge in [-0.05, 0) is 30.7 Å². The third-order valence-electron chi connectivity index (χ3n) is 3.22. The maximum absolute atomic E-state index is 12.7. The summed E-state index contributed by atoms with van der Waals surface area (Å²) in [6, 6.07) is 5.65. The highest BCUT2D eigenvalue weighted by Gasteiger charge is 2.26. The number of hydrogen-bond acceptors (Lipinski definition) is 3. The number of halogens is 1. The van der Waals surface area contributed by atoms with Crippen molar-refractivity contribution in [2.45, 2.75) is 6.42 Å². The van der Waals surface area contributed by atoms with Crippen LogP contribution in [0.3, 0.4) is 0 Å². The largest absolute Gasteiger partial charge is 0.484 e. The van der Waals surface area contributed by atoms with Crippen LogP contribution in [0.2, 0.25) is 0 Å². The van der Waals surface area contributed by atoms with Gasteiger partial charge in [0.15, 0.2) is 6.61 Å². The molecule has 1 heterocycles. The summed E-state index contributed by atoms with van der Waals surface area (Å²) in [5, 5.41) is 0. The van der Waals surface area contributed by atoms with Gasteiger partial charge in [0.1, 0.15) is 11.6 Å². The predicted molar refractivity (Wildman–Crippen MR) is 68.5 cm³/mol. The van der Waals surface area contributed by atoms with E-state index in [0.717, 1.165) is 19.5 Å². The van der Waals surface area contributed by atoms with Gasteiger partial charge in [-0.15, -0.1) is 0 Å². The second-order valence-electron chi connectivity index (χ2n) is 4.69. The fourth-order valence-electron chi connectivity index (χ4n) is 2.20. The summed E-state index contributed by atoms with van der Waals surface area (Å²) in [4.78, 5) is 13.7. The predicted octanol–water partition coefficient (Wildman–Crippen LogP) is 1.70. The number of ether oxygens (including phenoxy) is 2. The maximum atomic E-state index is 12.7. The fraction of sp³-hybridized carbons (Fsp3) is 0.500. The van der Waals surface area contributed by atoms with E-state index in [-0.39, 0.29) is 18.3 Å². The average molecular weight is 267 g/mol. The highest BCUT2D eigenvalue weighted by Crippen LogP contribution is 2.17. The number of hydrogen-bond donors (Lipinski definition) is 0. The zero-order chi connectivity index (χ0) is 13.7. The first-order valence-corrected chi connectivity index (χ1v) is 6.34. The number of methoxy groups -OCH3 is 1. The zero-order valence-electron chi connectivity index (χ0n) is 11.0. The summed E-state index contributed by atoms with van der Waals surface area (Å²) in [5.41, 5.74) is 0. The lowest BCUT2D eigenvalue weighted by molar-refractivity contribution is -0.132. The molecule has 0 aromatic heterocycles. The van der Waals surface area contributed by atoms with Gasteiger partial charge in [0.05, 0.1) is 6.61 Å². The van der Waals surface area contributed by atoms with Gasteiger partial charge in [0.2, 0.25) is 0 Å². The lowest BCUT2D eigenvalue weighted by atomic mass is 10.1. The van der Waals surface area contributed by atoms with Crippen LogP contribution in [0, 0.1) is 11.7 Å². The Bertz CT molecular complexity index is 421. The van der Waals surface area contributed by atoms with E-state index < -0.39 is 0 Å². The minimum absolute atomic E-state index is 0.00860. The summed E-state index contributed by atoms with van der Waals surface area (Å²) in [5.74, 6) is 0.561. The Morgan fingerprint density at radius 2 is 2.16 bits per heavy atom. The Hall–Kier alpha value is -1.62. The Labute approximate surface area is 112 Å². The van der Waals surface area contributed by atoms with E-state index in [4.69, 9.17) is 9.47 Å². The third kappa shape index (κ3) is 3.92. The molecule has 0 aliphatic carbocycles. The quantitative estimate of drug-likeness (QED) is 0.815.